The van der Waals surface area contributed by atoms with Gasteiger partial charge in [-0.1, -0.05) is 19.1 Å². The van der Waals surface area contributed by atoms with Gasteiger partial charge in [0.25, 0.3) is 0 Å². The van der Waals surface area contributed by atoms with E-state index in [0.717, 1.165) is 12.1 Å². The number of carboxylic acids is 1. The first kappa shape index (κ1) is 14.5. The van der Waals surface area contributed by atoms with E-state index in [4.69, 9.17) is 5.11 Å². The van der Waals surface area contributed by atoms with E-state index in [1.165, 1.54) is 0 Å². The number of nitrogens with zero attached hydrogens (tertiary/aromatic N) is 4. The van der Waals surface area contributed by atoms with Crippen molar-refractivity contribution >= 4 is 17.0 Å². The van der Waals surface area contributed by atoms with Crippen LogP contribution in [0.1, 0.15) is 30.2 Å². The van der Waals surface area contributed by atoms with Gasteiger partial charge in [0.15, 0.2) is 0 Å². The Kier molecular flexibility index (Phi) is 4.04. The number of aromatic carboxylic acids is 1. The van der Waals surface area contributed by atoms with Crippen LogP contribution in [0, 0.1) is 5.92 Å². The third kappa shape index (κ3) is 2.80. The molecule has 108 valence electrons. The summed E-state index contributed by atoms with van der Waals surface area (Å²) in [6.45, 7) is 5.15. The van der Waals surface area contributed by atoms with Gasteiger partial charge in [0.2, 0.25) is 0 Å². The Morgan fingerprint density at radius 1 is 1.40 bits per heavy atom. The van der Waals surface area contributed by atoms with Crippen LogP contribution < -0.4 is 0 Å². The molecule has 1 atom stereocenters. The molecule has 1 N–H and O–H groups in total. The van der Waals surface area contributed by atoms with Gasteiger partial charge in [0.1, 0.15) is 5.52 Å². The molecule has 0 saturated carbocycles. The molecule has 1 aromatic heterocycles. The number of carbonyl (C=O) groups is 1. The zero-order chi connectivity index (χ0) is 14.9. The lowest BCUT2D eigenvalue weighted by Gasteiger charge is -2.24. The molecule has 6 nitrogen and oxygen atoms in total. The molecule has 20 heavy (non-hydrogen) atoms. The molecule has 1 heterocycles. The van der Waals surface area contributed by atoms with Gasteiger partial charge in [0, 0.05) is 6.54 Å². The van der Waals surface area contributed by atoms with Crippen molar-refractivity contribution in [3.8, 4) is 0 Å². The van der Waals surface area contributed by atoms with Gasteiger partial charge >= 0.3 is 5.97 Å². The summed E-state index contributed by atoms with van der Waals surface area (Å²) in [7, 11) is 4.05. The van der Waals surface area contributed by atoms with Crippen LogP contribution in [0.15, 0.2) is 18.2 Å². The fraction of sp³-hybridized carbons (Fsp3) is 0.500. The number of rotatable bonds is 5. The maximum absolute atomic E-state index is 11.0. The summed E-state index contributed by atoms with van der Waals surface area (Å²) in [5.41, 5.74) is 1.73. The van der Waals surface area contributed by atoms with Crippen molar-refractivity contribution in [2.24, 2.45) is 5.92 Å². The number of benzene rings is 1. The smallest absolute Gasteiger partial charge is 0.335 e. The topological polar surface area (TPSA) is 71.2 Å². The quantitative estimate of drug-likeness (QED) is 0.903. The standard InChI is InChI=1S/C14H20N4O2/c1-9(2)13(8-17(3)4)18-12-6-5-10(14(19)20)7-11(12)15-16-18/h5-7,9,13H,8H2,1-4H3,(H,19,20). The van der Waals surface area contributed by atoms with Crippen LogP contribution in [-0.4, -0.2) is 51.6 Å². The van der Waals surface area contributed by atoms with Crippen LogP contribution in [0.5, 0.6) is 0 Å². The van der Waals surface area contributed by atoms with Crippen molar-refractivity contribution in [1.82, 2.24) is 19.9 Å². The molecule has 0 aliphatic carbocycles. The second kappa shape index (κ2) is 5.58. The number of likely N-dealkylation sites (N-methyl/N-ethyl adjacent to an activating group) is 1. The van der Waals surface area contributed by atoms with E-state index >= 15 is 0 Å². The second-order valence-corrected chi connectivity index (χ2v) is 5.62. The molecule has 0 aliphatic rings. The molecule has 0 aliphatic heterocycles. The minimum Gasteiger partial charge on any atom is -0.478 e. The summed E-state index contributed by atoms with van der Waals surface area (Å²) in [5.74, 6) is -0.545. The minimum atomic E-state index is -0.949. The van der Waals surface area contributed by atoms with Gasteiger partial charge in [0.05, 0.1) is 17.1 Å². The number of fused-ring (bicyclic) bond motifs is 1. The van der Waals surface area contributed by atoms with E-state index < -0.39 is 5.97 Å². The van der Waals surface area contributed by atoms with Gasteiger partial charge in [-0.25, -0.2) is 9.48 Å². The van der Waals surface area contributed by atoms with Crippen molar-refractivity contribution in [1.29, 1.82) is 0 Å². The molecule has 0 spiro atoms. The molecule has 0 bridgehead atoms. The van der Waals surface area contributed by atoms with Gasteiger partial charge in [-0.15, -0.1) is 5.10 Å². The van der Waals surface area contributed by atoms with Crippen LogP contribution in [0.25, 0.3) is 11.0 Å². The van der Waals surface area contributed by atoms with Crippen LogP contribution in [-0.2, 0) is 0 Å². The summed E-state index contributed by atoms with van der Waals surface area (Å²) in [4.78, 5) is 13.1. The highest BCUT2D eigenvalue weighted by Gasteiger charge is 2.20. The third-order valence-electron chi connectivity index (χ3n) is 3.35. The predicted octanol–water partition coefficient (Wildman–Crippen LogP) is 1.89. The highest BCUT2D eigenvalue weighted by Crippen LogP contribution is 2.23. The lowest BCUT2D eigenvalue weighted by Crippen LogP contribution is -2.28. The maximum atomic E-state index is 11.0. The molecule has 1 aromatic carbocycles. The van der Waals surface area contributed by atoms with Crippen molar-refractivity contribution in [3.05, 3.63) is 23.8 Å². The monoisotopic (exact) mass is 276 g/mol. The van der Waals surface area contributed by atoms with E-state index in [-0.39, 0.29) is 11.6 Å². The summed E-state index contributed by atoms with van der Waals surface area (Å²) in [5, 5.41) is 17.3. The highest BCUT2D eigenvalue weighted by atomic mass is 16.4. The molecular formula is C14H20N4O2. The molecule has 0 fully saturated rings. The Balaban J connectivity index is 2.46. The first-order valence-electron chi connectivity index (χ1n) is 6.63. The van der Waals surface area contributed by atoms with Crippen molar-refractivity contribution in [3.63, 3.8) is 0 Å². The largest absolute Gasteiger partial charge is 0.478 e. The Labute approximate surface area is 118 Å². The Hall–Kier alpha value is -1.95. The molecule has 2 rings (SSSR count). The number of hydrogen-bond acceptors (Lipinski definition) is 4. The molecule has 0 saturated heterocycles. The van der Waals surface area contributed by atoms with Gasteiger partial charge in [-0.3, -0.25) is 0 Å². The second-order valence-electron chi connectivity index (χ2n) is 5.62. The SMILES string of the molecule is CC(C)C(CN(C)C)n1nnc2cc(C(=O)O)ccc21. The summed E-state index contributed by atoms with van der Waals surface area (Å²) in [6.07, 6.45) is 0. The number of carboxylic acid groups (broad SMARTS) is 1. The molecule has 0 amide bonds. The fourth-order valence-electron chi connectivity index (χ4n) is 2.26. The molecular weight excluding hydrogens is 256 g/mol. The number of hydrogen-bond donors (Lipinski definition) is 1. The Morgan fingerprint density at radius 2 is 2.10 bits per heavy atom. The van der Waals surface area contributed by atoms with E-state index in [2.05, 4.69) is 29.1 Å². The van der Waals surface area contributed by atoms with E-state index in [9.17, 15) is 4.79 Å². The Bertz CT molecular complexity index is 619. The van der Waals surface area contributed by atoms with E-state index in [1.54, 1.807) is 18.2 Å². The molecule has 2 aromatic rings. The van der Waals surface area contributed by atoms with E-state index in [0.29, 0.717) is 11.4 Å². The average molecular weight is 276 g/mol. The van der Waals surface area contributed by atoms with Gasteiger partial charge in [-0.05, 0) is 38.2 Å². The zero-order valence-corrected chi connectivity index (χ0v) is 12.2. The number of aromatic nitrogens is 3. The third-order valence-corrected chi connectivity index (χ3v) is 3.35. The predicted molar refractivity (Wildman–Crippen MR) is 76.9 cm³/mol. The van der Waals surface area contributed by atoms with E-state index in [1.807, 2.05) is 18.8 Å². The lowest BCUT2D eigenvalue weighted by molar-refractivity contribution is 0.0697. The lowest BCUT2D eigenvalue weighted by atomic mass is 10.0. The molecule has 0 radical (unpaired) electrons. The zero-order valence-electron chi connectivity index (χ0n) is 12.2. The summed E-state index contributed by atoms with van der Waals surface area (Å²) >= 11 is 0. The van der Waals surface area contributed by atoms with Crippen LogP contribution in [0.2, 0.25) is 0 Å². The first-order chi connectivity index (χ1) is 9.40. The highest BCUT2D eigenvalue weighted by molar-refractivity contribution is 5.92. The molecule has 1 unspecified atom stereocenters. The van der Waals surface area contributed by atoms with Crippen molar-refractivity contribution in [2.75, 3.05) is 20.6 Å². The van der Waals surface area contributed by atoms with Crippen LogP contribution >= 0.6 is 0 Å². The summed E-state index contributed by atoms with van der Waals surface area (Å²) < 4.78 is 1.89. The Morgan fingerprint density at radius 3 is 2.65 bits per heavy atom. The van der Waals surface area contributed by atoms with Crippen molar-refractivity contribution in [2.45, 2.75) is 19.9 Å². The van der Waals surface area contributed by atoms with Crippen molar-refractivity contribution < 1.29 is 9.90 Å². The van der Waals surface area contributed by atoms with Crippen LogP contribution in [0.3, 0.4) is 0 Å². The molecule has 6 heteroatoms. The van der Waals surface area contributed by atoms with Crippen LogP contribution in [0.4, 0.5) is 0 Å². The first-order valence-corrected chi connectivity index (χ1v) is 6.63. The maximum Gasteiger partial charge on any atom is 0.335 e. The average Bonchev–Trinajstić information content (AvgIpc) is 2.77. The van der Waals surface area contributed by atoms with Gasteiger partial charge < -0.3 is 10.0 Å². The van der Waals surface area contributed by atoms with Gasteiger partial charge in [-0.2, -0.15) is 0 Å². The normalized spacial score (nSPS) is 13.3. The fourth-order valence-corrected chi connectivity index (χ4v) is 2.26. The summed E-state index contributed by atoms with van der Waals surface area (Å²) in [6, 6.07) is 5.14. The minimum absolute atomic E-state index is 0.200.